The van der Waals surface area contributed by atoms with Gasteiger partial charge >= 0.3 is 0 Å². The molecule has 9 N–H and O–H groups in total. The van der Waals surface area contributed by atoms with E-state index in [9.17, 15) is 9.90 Å². The summed E-state index contributed by atoms with van der Waals surface area (Å²) in [5.74, 6) is 1.12. The molecule has 12 heteroatoms. The fraction of sp³-hybridized carbons (Fsp3) is 0.472. The van der Waals surface area contributed by atoms with E-state index in [2.05, 4.69) is 10.6 Å². The zero-order valence-corrected chi connectivity index (χ0v) is 28.9. The molecule has 0 atom stereocenters. The second kappa shape index (κ2) is 18.5. The highest BCUT2D eigenvalue weighted by molar-refractivity contribution is 5.98. The number of phenolic OH excluding ortho intramolecular Hbond substituents is 1. The summed E-state index contributed by atoms with van der Waals surface area (Å²) in [6.07, 6.45) is 9.69. The molecule has 1 heterocycles. The number of unbranched alkanes of at least 4 members (excludes halogenated alkanes) is 4. The molecule has 3 rings (SSSR count). The standard InChI is InChI=1S/C36H52N6O6/c1-22(2)12-14-24-26(46-18-10-6-8-16-41-35(37)38)20-28-31(32(24)43)33(44)30-25(15-13-23(3)4)34(45-5)29(21-27(30)48-28)47-19-11-7-9-17-42-36(39)40/h12-13,20-21,43H,6-11,14-19H2,1-5H3,(H4,37,38,41)(H4,39,40,42). The average molecular weight is 665 g/mol. The van der Waals surface area contributed by atoms with Crippen LogP contribution in [0.4, 0.5) is 0 Å². The van der Waals surface area contributed by atoms with Crippen molar-refractivity contribution < 1.29 is 23.7 Å². The highest BCUT2D eigenvalue weighted by atomic mass is 16.5. The molecule has 3 aromatic rings. The number of guanidine groups is 2. The summed E-state index contributed by atoms with van der Waals surface area (Å²) in [7, 11) is 1.55. The van der Waals surface area contributed by atoms with Gasteiger partial charge in [-0.3, -0.25) is 15.6 Å². The average Bonchev–Trinajstić information content (AvgIpc) is 3.01. The Hall–Kier alpha value is -4.87. The van der Waals surface area contributed by atoms with Crippen LogP contribution in [-0.2, 0) is 12.8 Å². The van der Waals surface area contributed by atoms with E-state index >= 15 is 0 Å². The first-order valence-electron chi connectivity index (χ1n) is 16.5. The van der Waals surface area contributed by atoms with Gasteiger partial charge in [-0.2, -0.15) is 0 Å². The van der Waals surface area contributed by atoms with E-state index in [0.717, 1.165) is 49.7 Å². The molecular weight excluding hydrogens is 612 g/mol. The number of fused-ring (bicyclic) bond motifs is 2. The maximum atomic E-state index is 14.3. The molecule has 0 aliphatic rings. The highest BCUT2D eigenvalue weighted by Crippen LogP contribution is 2.41. The number of hydrogen-bond acceptors (Lipinski definition) is 8. The van der Waals surface area contributed by atoms with E-state index in [-0.39, 0.29) is 34.1 Å². The third-order valence-corrected chi connectivity index (χ3v) is 7.73. The van der Waals surface area contributed by atoms with Crippen LogP contribution in [0.15, 0.2) is 44.6 Å². The highest BCUT2D eigenvalue weighted by Gasteiger charge is 2.24. The van der Waals surface area contributed by atoms with Crippen LogP contribution >= 0.6 is 0 Å². The number of phenols is 1. The second-order valence-electron chi connectivity index (χ2n) is 12.2. The Bertz CT molecular complexity index is 1700. The number of ether oxygens (including phenoxy) is 3. The first kappa shape index (κ1) is 37.6. The number of aromatic hydroxyl groups is 1. The Labute approximate surface area is 282 Å². The zero-order chi connectivity index (χ0) is 35.2. The molecular formula is C36H52N6O6. The van der Waals surface area contributed by atoms with Gasteiger partial charge in [-0.05, 0) is 79.1 Å². The molecule has 1 aromatic heterocycles. The van der Waals surface area contributed by atoms with Crippen LogP contribution in [0, 0.1) is 10.8 Å². The maximum absolute atomic E-state index is 14.3. The van der Waals surface area contributed by atoms with Crippen molar-refractivity contribution in [1.29, 1.82) is 10.8 Å². The molecule has 0 saturated heterocycles. The third kappa shape index (κ3) is 10.6. The maximum Gasteiger partial charge on any atom is 0.204 e. The van der Waals surface area contributed by atoms with Gasteiger partial charge in [0, 0.05) is 36.3 Å². The van der Waals surface area contributed by atoms with Crippen LogP contribution in [-0.4, -0.2) is 50.4 Å². The smallest absolute Gasteiger partial charge is 0.204 e. The van der Waals surface area contributed by atoms with Gasteiger partial charge in [-0.25, -0.2) is 0 Å². The third-order valence-electron chi connectivity index (χ3n) is 7.73. The van der Waals surface area contributed by atoms with Crippen molar-refractivity contribution in [2.45, 2.75) is 79.1 Å². The molecule has 0 unspecified atom stereocenters. The second-order valence-corrected chi connectivity index (χ2v) is 12.2. The first-order valence-corrected chi connectivity index (χ1v) is 16.5. The quantitative estimate of drug-likeness (QED) is 0.0272. The van der Waals surface area contributed by atoms with Crippen molar-refractivity contribution >= 4 is 33.9 Å². The van der Waals surface area contributed by atoms with E-state index in [1.165, 1.54) is 0 Å². The summed E-state index contributed by atoms with van der Waals surface area (Å²) in [5.41, 5.74) is 14.2. The molecule has 48 heavy (non-hydrogen) atoms. The van der Waals surface area contributed by atoms with Crippen molar-refractivity contribution in [3.63, 3.8) is 0 Å². The SMILES string of the molecule is COc1c(OCCCCCNC(=N)N)cc2oc3cc(OCCCCCNC(=N)N)c(CC=C(C)C)c(O)c3c(=O)c2c1CC=C(C)C. The summed E-state index contributed by atoms with van der Waals surface area (Å²) in [5, 5.41) is 32.2. The lowest BCUT2D eigenvalue weighted by Crippen LogP contribution is -2.30. The van der Waals surface area contributed by atoms with Crippen LogP contribution in [0.5, 0.6) is 23.0 Å². The van der Waals surface area contributed by atoms with Crippen molar-refractivity contribution in [2.75, 3.05) is 33.4 Å². The van der Waals surface area contributed by atoms with Crippen LogP contribution < -0.4 is 41.7 Å². The number of rotatable bonds is 19. The van der Waals surface area contributed by atoms with Gasteiger partial charge in [-0.15, -0.1) is 0 Å². The molecule has 12 nitrogen and oxygen atoms in total. The Morgan fingerprint density at radius 2 is 1.29 bits per heavy atom. The minimum absolute atomic E-state index is 0.0450. The molecule has 2 aromatic carbocycles. The van der Waals surface area contributed by atoms with Gasteiger partial charge in [0.1, 0.15) is 28.1 Å². The minimum atomic E-state index is -0.355. The minimum Gasteiger partial charge on any atom is -0.507 e. The molecule has 0 amide bonds. The summed E-state index contributed by atoms with van der Waals surface area (Å²) >= 11 is 0. The van der Waals surface area contributed by atoms with Gasteiger partial charge in [0.15, 0.2) is 23.4 Å². The number of benzene rings is 2. The summed E-state index contributed by atoms with van der Waals surface area (Å²) in [4.78, 5) is 14.3. The lowest BCUT2D eigenvalue weighted by molar-refractivity contribution is 0.284. The van der Waals surface area contributed by atoms with E-state index in [4.69, 9.17) is 40.9 Å². The van der Waals surface area contributed by atoms with E-state index in [0.29, 0.717) is 78.5 Å². The largest absolute Gasteiger partial charge is 0.507 e. The molecule has 0 spiro atoms. The molecule has 0 aliphatic carbocycles. The lowest BCUT2D eigenvalue weighted by atomic mass is 9.98. The fourth-order valence-corrected chi connectivity index (χ4v) is 5.29. The predicted octanol–water partition coefficient (Wildman–Crippen LogP) is 5.74. The molecule has 262 valence electrons. The zero-order valence-electron chi connectivity index (χ0n) is 28.9. The number of nitrogens with two attached hydrogens (primary N) is 2. The number of allylic oxidation sites excluding steroid dienone is 4. The fourth-order valence-electron chi connectivity index (χ4n) is 5.29. The summed E-state index contributed by atoms with van der Waals surface area (Å²) in [6, 6.07) is 3.37. The number of hydrogen-bond donors (Lipinski definition) is 7. The van der Waals surface area contributed by atoms with Crippen LogP contribution in [0.2, 0.25) is 0 Å². The molecule has 0 fully saturated rings. The topological polar surface area (TPSA) is 202 Å². The first-order chi connectivity index (χ1) is 22.9. The van der Waals surface area contributed by atoms with Gasteiger partial charge < -0.3 is 45.8 Å². The van der Waals surface area contributed by atoms with Gasteiger partial charge in [0.25, 0.3) is 0 Å². The predicted molar refractivity (Wildman–Crippen MR) is 193 cm³/mol. The van der Waals surface area contributed by atoms with Crippen LogP contribution in [0.3, 0.4) is 0 Å². The summed E-state index contributed by atoms with van der Waals surface area (Å²) in [6.45, 7) is 9.97. The Balaban J connectivity index is 2.06. The molecule has 0 saturated carbocycles. The Kier molecular flexibility index (Phi) is 14.5. The van der Waals surface area contributed by atoms with E-state index < -0.39 is 0 Å². The molecule has 0 bridgehead atoms. The molecule has 0 aliphatic heterocycles. The molecule has 0 radical (unpaired) electrons. The van der Waals surface area contributed by atoms with E-state index in [1.54, 1.807) is 19.2 Å². The van der Waals surface area contributed by atoms with Gasteiger partial charge in [0.2, 0.25) is 5.43 Å². The van der Waals surface area contributed by atoms with Gasteiger partial charge in [-0.1, -0.05) is 23.3 Å². The summed E-state index contributed by atoms with van der Waals surface area (Å²) < 4.78 is 24.6. The Morgan fingerprint density at radius 1 is 0.792 bits per heavy atom. The van der Waals surface area contributed by atoms with Crippen molar-refractivity contribution in [1.82, 2.24) is 10.6 Å². The normalized spacial score (nSPS) is 10.9. The number of methoxy groups -OCH3 is 1. The van der Waals surface area contributed by atoms with Crippen molar-refractivity contribution in [3.8, 4) is 23.0 Å². The van der Waals surface area contributed by atoms with Gasteiger partial charge in [0.05, 0.1) is 25.7 Å². The van der Waals surface area contributed by atoms with Crippen molar-refractivity contribution in [3.05, 3.63) is 56.8 Å². The van der Waals surface area contributed by atoms with Crippen LogP contribution in [0.25, 0.3) is 21.9 Å². The number of nitrogens with one attached hydrogen (secondary N) is 4. The van der Waals surface area contributed by atoms with Crippen LogP contribution in [0.1, 0.15) is 77.3 Å². The lowest BCUT2D eigenvalue weighted by Gasteiger charge is -2.18. The van der Waals surface area contributed by atoms with Crippen molar-refractivity contribution in [2.24, 2.45) is 11.5 Å². The Morgan fingerprint density at radius 3 is 1.81 bits per heavy atom. The van der Waals surface area contributed by atoms with E-state index in [1.807, 2.05) is 39.8 Å². The monoisotopic (exact) mass is 664 g/mol.